The average Bonchev–Trinajstić information content (AvgIpc) is 3.04. The Morgan fingerprint density at radius 2 is 1.68 bits per heavy atom. The molecule has 164 valence electrons. The zero-order chi connectivity index (χ0) is 22.5. The normalized spacial score (nSPS) is 17.8. The number of Topliss-reactive ketones (excluding diaryl/α,β-unsaturated/α-hetero) is 1. The molecule has 3 rings (SSSR count). The lowest BCUT2D eigenvalue weighted by Gasteiger charge is -2.25. The molecule has 1 fully saturated rings. The second-order valence-corrected chi connectivity index (χ2v) is 7.73. The predicted molar refractivity (Wildman–Crippen MR) is 120 cm³/mol. The van der Waals surface area contributed by atoms with Crippen LogP contribution in [0.4, 0.5) is 0 Å². The minimum Gasteiger partial charge on any atom is -0.507 e. The number of hydrogen-bond acceptors (Lipinski definition) is 5. The van der Waals surface area contributed by atoms with E-state index in [-0.39, 0.29) is 21.9 Å². The molecule has 1 atom stereocenters. The summed E-state index contributed by atoms with van der Waals surface area (Å²) in [6.45, 7) is 2.48. The van der Waals surface area contributed by atoms with Crippen LogP contribution >= 0.6 is 11.6 Å². The maximum atomic E-state index is 13.0. The van der Waals surface area contributed by atoms with Crippen LogP contribution in [0.1, 0.15) is 43.4 Å². The van der Waals surface area contributed by atoms with E-state index in [9.17, 15) is 14.7 Å². The smallest absolute Gasteiger partial charge is 0.295 e. The second kappa shape index (κ2) is 9.88. The van der Waals surface area contributed by atoms with Crippen molar-refractivity contribution in [2.24, 2.45) is 0 Å². The fraction of sp³-hybridized carbons (Fsp3) is 0.333. The third-order valence-corrected chi connectivity index (χ3v) is 5.73. The Balaban J connectivity index is 2.15. The number of benzene rings is 2. The van der Waals surface area contributed by atoms with Gasteiger partial charge in [0, 0.05) is 12.1 Å². The number of methoxy groups -OCH3 is 2. The molecule has 1 aliphatic heterocycles. The summed E-state index contributed by atoms with van der Waals surface area (Å²) in [4.78, 5) is 27.5. The van der Waals surface area contributed by atoms with Crippen LogP contribution in [0.5, 0.6) is 11.5 Å². The van der Waals surface area contributed by atoms with Crippen LogP contribution in [0.25, 0.3) is 5.76 Å². The Morgan fingerprint density at radius 1 is 1.03 bits per heavy atom. The predicted octanol–water partition coefficient (Wildman–Crippen LogP) is 4.97. The maximum Gasteiger partial charge on any atom is 0.295 e. The summed E-state index contributed by atoms with van der Waals surface area (Å²) in [5, 5.41) is 11.4. The van der Waals surface area contributed by atoms with Crippen molar-refractivity contribution in [1.29, 1.82) is 0 Å². The highest BCUT2D eigenvalue weighted by molar-refractivity contribution is 6.47. The first-order valence-corrected chi connectivity index (χ1v) is 10.6. The molecule has 31 heavy (non-hydrogen) atoms. The number of rotatable bonds is 8. The number of ketones is 1. The van der Waals surface area contributed by atoms with Crippen LogP contribution in [0.3, 0.4) is 0 Å². The Labute approximate surface area is 187 Å². The van der Waals surface area contributed by atoms with Gasteiger partial charge in [0.15, 0.2) is 0 Å². The number of amides is 1. The van der Waals surface area contributed by atoms with Crippen molar-refractivity contribution in [3.05, 3.63) is 64.2 Å². The Hall–Kier alpha value is -2.99. The third-order valence-electron chi connectivity index (χ3n) is 5.40. The molecule has 1 N–H and O–H groups in total. The van der Waals surface area contributed by atoms with Gasteiger partial charge in [0.25, 0.3) is 11.7 Å². The average molecular weight is 444 g/mol. The summed E-state index contributed by atoms with van der Waals surface area (Å²) in [6, 6.07) is 11.2. The number of hydrogen-bond donors (Lipinski definition) is 1. The van der Waals surface area contributed by atoms with E-state index in [0.717, 1.165) is 19.3 Å². The molecule has 1 amide bonds. The highest BCUT2D eigenvalue weighted by Gasteiger charge is 2.46. The fourth-order valence-electron chi connectivity index (χ4n) is 3.73. The number of aliphatic hydroxyl groups is 1. The van der Waals surface area contributed by atoms with Gasteiger partial charge in [-0.2, -0.15) is 0 Å². The SMILES string of the molecule is CCCCCN1C(=O)C(=O)/C(=C(/O)c2cc(OC)ccc2Cl)C1c1ccc(OC)cc1. The largest absolute Gasteiger partial charge is 0.507 e. The van der Waals surface area contributed by atoms with Crippen molar-refractivity contribution in [3.63, 3.8) is 0 Å². The van der Waals surface area contributed by atoms with Crippen LogP contribution < -0.4 is 9.47 Å². The van der Waals surface area contributed by atoms with E-state index in [1.54, 1.807) is 49.6 Å². The fourth-order valence-corrected chi connectivity index (χ4v) is 3.94. The zero-order valence-electron chi connectivity index (χ0n) is 17.9. The Morgan fingerprint density at radius 3 is 2.29 bits per heavy atom. The number of unbranched alkanes of at least 4 members (excludes halogenated alkanes) is 2. The number of carbonyl (C=O) groups excluding carboxylic acids is 2. The summed E-state index contributed by atoms with van der Waals surface area (Å²) < 4.78 is 10.5. The zero-order valence-corrected chi connectivity index (χ0v) is 18.6. The van der Waals surface area contributed by atoms with Crippen LogP contribution in [-0.4, -0.2) is 42.5 Å². The Kier molecular flexibility index (Phi) is 7.23. The molecule has 1 saturated heterocycles. The molecule has 1 aliphatic rings. The standard InChI is InChI=1S/C24H26ClNO5/c1-4-5-6-13-26-21(15-7-9-16(30-2)10-8-15)20(23(28)24(26)29)22(27)18-14-17(31-3)11-12-19(18)25/h7-12,14,21,27H,4-6,13H2,1-3H3/b22-20+. The van der Waals surface area contributed by atoms with Gasteiger partial charge >= 0.3 is 0 Å². The Bertz CT molecular complexity index is 1000. The lowest BCUT2D eigenvalue weighted by Crippen LogP contribution is -2.30. The number of nitrogens with zero attached hydrogens (tertiary/aromatic N) is 1. The molecule has 0 spiro atoms. The topological polar surface area (TPSA) is 76.1 Å². The first-order valence-electron chi connectivity index (χ1n) is 10.2. The monoisotopic (exact) mass is 443 g/mol. The van der Waals surface area contributed by atoms with E-state index >= 15 is 0 Å². The number of ether oxygens (including phenoxy) is 2. The molecular weight excluding hydrogens is 418 g/mol. The number of carbonyl (C=O) groups is 2. The molecule has 0 saturated carbocycles. The van der Waals surface area contributed by atoms with Crippen molar-refractivity contribution >= 4 is 29.1 Å². The lowest BCUT2D eigenvalue weighted by atomic mass is 9.95. The van der Waals surface area contributed by atoms with Gasteiger partial charge in [-0.05, 0) is 42.3 Å². The van der Waals surface area contributed by atoms with Crippen molar-refractivity contribution in [2.75, 3.05) is 20.8 Å². The summed E-state index contributed by atoms with van der Waals surface area (Å²) in [7, 11) is 3.06. The molecule has 2 aromatic rings. The van der Waals surface area contributed by atoms with E-state index in [4.69, 9.17) is 21.1 Å². The van der Waals surface area contributed by atoms with Gasteiger partial charge in [-0.1, -0.05) is 43.5 Å². The van der Waals surface area contributed by atoms with E-state index in [1.165, 1.54) is 12.0 Å². The van der Waals surface area contributed by atoms with Gasteiger partial charge in [-0.25, -0.2) is 0 Å². The lowest BCUT2D eigenvalue weighted by molar-refractivity contribution is -0.139. The molecular formula is C24H26ClNO5. The molecule has 0 aromatic heterocycles. The first kappa shape index (κ1) is 22.7. The molecule has 7 heteroatoms. The molecule has 1 heterocycles. The number of likely N-dealkylation sites (tertiary alicyclic amines) is 1. The molecule has 1 unspecified atom stereocenters. The van der Waals surface area contributed by atoms with Crippen molar-refractivity contribution in [1.82, 2.24) is 4.90 Å². The minimum absolute atomic E-state index is 0.0156. The van der Waals surface area contributed by atoms with Gasteiger partial charge in [0.2, 0.25) is 0 Å². The van der Waals surface area contributed by atoms with Crippen LogP contribution in [-0.2, 0) is 9.59 Å². The van der Waals surface area contributed by atoms with E-state index in [1.807, 2.05) is 0 Å². The van der Waals surface area contributed by atoms with E-state index in [0.29, 0.717) is 23.6 Å². The summed E-state index contributed by atoms with van der Waals surface area (Å²) in [5.74, 6) is -0.543. The number of aliphatic hydroxyl groups excluding tert-OH is 1. The van der Waals surface area contributed by atoms with Crippen LogP contribution in [0.2, 0.25) is 5.02 Å². The quantitative estimate of drug-likeness (QED) is 0.270. The van der Waals surface area contributed by atoms with Crippen molar-refractivity contribution in [2.45, 2.75) is 32.2 Å². The van der Waals surface area contributed by atoms with Gasteiger partial charge in [-0.15, -0.1) is 0 Å². The maximum absolute atomic E-state index is 13.0. The van der Waals surface area contributed by atoms with E-state index in [2.05, 4.69) is 6.92 Å². The van der Waals surface area contributed by atoms with Crippen LogP contribution in [0, 0.1) is 0 Å². The summed E-state index contributed by atoms with van der Waals surface area (Å²) in [6.07, 6.45) is 2.67. The minimum atomic E-state index is -0.728. The van der Waals surface area contributed by atoms with Gasteiger partial charge in [-0.3, -0.25) is 9.59 Å². The van der Waals surface area contributed by atoms with Gasteiger partial charge in [0.05, 0.1) is 30.9 Å². The molecule has 0 radical (unpaired) electrons. The van der Waals surface area contributed by atoms with Gasteiger partial charge in [0.1, 0.15) is 17.3 Å². The highest BCUT2D eigenvalue weighted by Crippen LogP contribution is 2.41. The molecule has 0 bridgehead atoms. The first-order chi connectivity index (χ1) is 14.9. The molecule has 6 nitrogen and oxygen atoms in total. The summed E-state index contributed by atoms with van der Waals surface area (Å²) >= 11 is 6.31. The van der Waals surface area contributed by atoms with Crippen molar-refractivity contribution < 1.29 is 24.2 Å². The number of halogens is 1. The van der Waals surface area contributed by atoms with E-state index < -0.39 is 17.7 Å². The summed E-state index contributed by atoms with van der Waals surface area (Å²) in [5.41, 5.74) is 0.963. The third kappa shape index (κ3) is 4.54. The van der Waals surface area contributed by atoms with Crippen molar-refractivity contribution in [3.8, 4) is 11.5 Å². The van der Waals surface area contributed by atoms with Crippen LogP contribution in [0.15, 0.2) is 48.0 Å². The molecule has 2 aromatic carbocycles. The highest BCUT2D eigenvalue weighted by atomic mass is 35.5. The second-order valence-electron chi connectivity index (χ2n) is 7.32. The molecule has 0 aliphatic carbocycles. The van der Waals surface area contributed by atoms with Gasteiger partial charge < -0.3 is 19.5 Å².